The van der Waals surface area contributed by atoms with E-state index in [9.17, 15) is 4.79 Å². The monoisotopic (exact) mass is 287 g/mol. The summed E-state index contributed by atoms with van der Waals surface area (Å²) >= 11 is 0. The highest BCUT2D eigenvalue weighted by Gasteiger charge is 2.01. The lowest BCUT2D eigenvalue weighted by molar-refractivity contribution is -0.114. The number of benzene rings is 2. The summed E-state index contributed by atoms with van der Waals surface area (Å²) in [6.07, 6.45) is 0. The summed E-state index contributed by atoms with van der Waals surface area (Å²) in [5.41, 5.74) is 13.0. The third-order valence-electron chi connectivity index (χ3n) is 2.47. The average Bonchev–Trinajstić information content (AvgIpc) is 2.47. The Bertz CT molecular complexity index is 595. The van der Waals surface area contributed by atoms with Crippen LogP contribution in [0.15, 0.2) is 42.5 Å². The smallest absolute Gasteiger partial charge is 0.221 e. The Labute approximate surface area is 124 Å². The predicted molar refractivity (Wildman–Crippen MR) is 87.4 cm³/mol. The van der Waals surface area contributed by atoms with E-state index < -0.39 is 0 Å². The van der Waals surface area contributed by atoms with Crippen molar-refractivity contribution in [2.45, 2.75) is 20.8 Å². The number of hydrogen-bond acceptors (Lipinski definition) is 4. The van der Waals surface area contributed by atoms with E-state index in [0.29, 0.717) is 22.9 Å². The van der Waals surface area contributed by atoms with Crippen LogP contribution in [0.4, 0.5) is 17.1 Å². The van der Waals surface area contributed by atoms with Crippen molar-refractivity contribution in [1.82, 2.24) is 0 Å². The molecule has 2 aromatic carbocycles. The Morgan fingerprint density at radius 3 is 2.05 bits per heavy atom. The van der Waals surface area contributed by atoms with Gasteiger partial charge in [-0.3, -0.25) is 4.79 Å². The molecule has 5 heteroatoms. The number of nitrogens with one attached hydrogen (secondary N) is 1. The lowest BCUT2D eigenvalue weighted by atomic mass is 10.2. The molecule has 0 aliphatic heterocycles. The van der Waals surface area contributed by atoms with E-state index in [2.05, 4.69) is 5.32 Å². The molecule has 0 aromatic heterocycles. The second kappa shape index (κ2) is 7.79. The molecule has 0 spiro atoms. The Kier molecular flexibility index (Phi) is 6.07. The lowest BCUT2D eigenvalue weighted by Gasteiger charge is -2.08. The molecule has 0 heterocycles. The number of ether oxygens (including phenoxy) is 1. The summed E-state index contributed by atoms with van der Waals surface area (Å²) in [6, 6.07) is 12.1. The molecule has 1 amide bonds. The Morgan fingerprint density at radius 1 is 0.952 bits per heavy atom. The first-order valence-corrected chi connectivity index (χ1v) is 6.75. The molecule has 0 unspecified atom stereocenters. The van der Waals surface area contributed by atoms with Crippen molar-refractivity contribution in [3.8, 4) is 11.5 Å². The number of carbonyl (C=O) groups is 1. The molecular weight excluding hydrogens is 266 g/mol. The van der Waals surface area contributed by atoms with E-state index in [1.165, 1.54) is 6.92 Å². The van der Waals surface area contributed by atoms with Gasteiger partial charge in [-0.1, -0.05) is 13.8 Å². The molecule has 5 N–H and O–H groups in total. The minimum atomic E-state index is -0.111. The van der Waals surface area contributed by atoms with Crippen LogP contribution < -0.4 is 21.5 Å². The van der Waals surface area contributed by atoms with E-state index in [1.54, 1.807) is 42.5 Å². The fourth-order valence-electron chi connectivity index (χ4n) is 1.56. The van der Waals surface area contributed by atoms with Gasteiger partial charge in [-0.25, -0.2) is 0 Å². The first-order valence-electron chi connectivity index (χ1n) is 6.75. The second-order valence-electron chi connectivity index (χ2n) is 4.10. The standard InChI is InChI=1S/C14H15N3O2.C2H6/c1-9(18)17-10-2-4-11(5-3-10)19-12-6-7-13(15)14(16)8-12;1-2/h2-8H,15-16H2,1H3,(H,17,18);1-2H3. The number of rotatable bonds is 3. The number of anilines is 3. The van der Waals surface area contributed by atoms with Crippen LogP contribution >= 0.6 is 0 Å². The van der Waals surface area contributed by atoms with E-state index in [1.807, 2.05) is 13.8 Å². The van der Waals surface area contributed by atoms with Gasteiger partial charge in [0.2, 0.25) is 5.91 Å². The molecule has 0 aliphatic rings. The van der Waals surface area contributed by atoms with Gasteiger partial charge in [0.15, 0.2) is 0 Å². The largest absolute Gasteiger partial charge is 0.457 e. The van der Waals surface area contributed by atoms with Gasteiger partial charge in [0.25, 0.3) is 0 Å². The fraction of sp³-hybridized carbons (Fsp3) is 0.188. The molecule has 0 bridgehead atoms. The molecule has 0 fully saturated rings. The molecule has 2 aromatic rings. The maximum atomic E-state index is 10.9. The summed E-state index contributed by atoms with van der Waals surface area (Å²) in [4.78, 5) is 10.9. The first kappa shape index (κ1) is 16.4. The maximum absolute atomic E-state index is 10.9. The van der Waals surface area contributed by atoms with Crippen molar-refractivity contribution in [2.24, 2.45) is 0 Å². The second-order valence-corrected chi connectivity index (χ2v) is 4.10. The van der Waals surface area contributed by atoms with Crippen LogP contribution in [0.1, 0.15) is 20.8 Å². The van der Waals surface area contributed by atoms with Gasteiger partial charge >= 0.3 is 0 Å². The van der Waals surface area contributed by atoms with E-state index in [0.717, 1.165) is 5.69 Å². The van der Waals surface area contributed by atoms with E-state index >= 15 is 0 Å². The number of nitrogen functional groups attached to an aromatic ring is 2. The minimum absolute atomic E-state index is 0.111. The first-order chi connectivity index (χ1) is 10.0. The molecule has 2 rings (SSSR count). The van der Waals surface area contributed by atoms with Crippen molar-refractivity contribution in [1.29, 1.82) is 0 Å². The quantitative estimate of drug-likeness (QED) is 0.752. The van der Waals surface area contributed by atoms with Crippen LogP contribution in [0.3, 0.4) is 0 Å². The van der Waals surface area contributed by atoms with Crippen LogP contribution in [-0.4, -0.2) is 5.91 Å². The summed E-state index contributed by atoms with van der Waals surface area (Å²) in [5, 5.41) is 2.68. The zero-order valence-corrected chi connectivity index (χ0v) is 12.5. The molecule has 0 aliphatic carbocycles. The van der Waals surface area contributed by atoms with Gasteiger partial charge in [0.1, 0.15) is 11.5 Å². The number of nitrogens with two attached hydrogens (primary N) is 2. The topological polar surface area (TPSA) is 90.4 Å². The van der Waals surface area contributed by atoms with Crippen molar-refractivity contribution in [3.05, 3.63) is 42.5 Å². The van der Waals surface area contributed by atoms with Gasteiger partial charge < -0.3 is 21.5 Å². The highest BCUT2D eigenvalue weighted by atomic mass is 16.5. The van der Waals surface area contributed by atoms with Gasteiger partial charge in [-0.2, -0.15) is 0 Å². The van der Waals surface area contributed by atoms with Crippen LogP contribution in [0, 0.1) is 0 Å². The highest BCUT2D eigenvalue weighted by Crippen LogP contribution is 2.27. The Hall–Kier alpha value is -2.69. The van der Waals surface area contributed by atoms with E-state index in [4.69, 9.17) is 16.2 Å². The highest BCUT2D eigenvalue weighted by molar-refractivity contribution is 5.88. The summed E-state index contributed by atoms with van der Waals surface area (Å²) < 4.78 is 5.63. The van der Waals surface area contributed by atoms with Crippen molar-refractivity contribution in [3.63, 3.8) is 0 Å². The molecule has 0 atom stereocenters. The fourth-order valence-corrected chi connectivity index (χ4v) is 1.56. The lowest BCUT2D eigenvalue weighted by Crippen LogP contribution is -2.05. The predicted octanol–water partition coefficient (Wildman–Crippen LogP) is 3.63. The molecular formula is C16H21N3O2. The van der Waals surface area contributed by atoms with Gasteiger partial charge in [-0.05, 0) is 36.4 Å². The molecule has 112 valence electrons. The third-order valence-corrected chi connectivity index (χ3v) is 2.47. The summed E-state index contributed by atoms with van der Waals surface area (Å²) in [7, 11) is 0. The molecule has 5 nitrogen and oxygen atoms in total. The zero-order chi connectivity index (χ0) is 15.8. The van der Waals surface area contributed by atoms with Gasteiger partial charge in [0.05, 0.1) is 11.4 Å². The summed E-state index contributed by atoms with van der Waals surface area (Å²) in [6.45, 7) is 5.46. The Balaban J connectivity index is 0.00000106. The Morgan fingerprint density at radius 2 is 1.52 bits per heavy atom. The number of hydrogen-bond donors (Lipinski definition) is 3. The maximum Gasteiger partial charge on any atom is 0.221 e. The van der Waals surface area contributed by atoms with Crippen molar-refractivity contribution in [2.75, 3.05) is 16.8 Å². The van der Waals surface area contributed by atoms with Gasteiger partial charge in [0, 0.05) is 18.7 Å². The van der Waals surface area contributed by atoms with Crippen molar-refractivity contribution >= 4 is 23.0 Å². The van der Waals surface area contributed by atoms with Crippen LogP contribution in [-0.2, 0) is 4.79 Å². The SMILES string of the molecule is CC.CC(=O)Nc1ccc(Oc2ccc(N)c(N)c2)cc1. The molecule has 0 saturated carbocycles. The van der Waals surface area contributed by atoms with Gasteiger partial charge in [-0.15, -0.1) is 0 Å². The van der Waals surface area contributed by atoms with Crippen LogP contribution in [0.25, 0.3) is 0 Å². The molecule has 0 saturated heterocycles. The van der Waals surface area contributed by atoms with E-state index in [-0.39, 0.29) is 5.91 Å². The summed E-state index contributed by atoms with van der Waals surface area (Å²) in [5.74, 6) is 1.15. The van der Waals surface area contributed by atoms with Crippen molar-refractivity contribution < 1.29 is 9.53 Å². The number of carbonyl (C=O) groups excluding carboxylic acids is 1. The molecule has 21 heavy (non-hydrogen) atoms. The third kappa shape index (κ3) is 5.06. The molecule has 0 radical (unpaired) electrons. The van der Waals surface area contributed by atoms with Crippen LogP contribution in [0.2, 0.25) is 0 Å². The average molecular weight is 287 g/mol. The number of amides is 1. The normalized spacial score (nSPS) is 9.29. The minimum Gasteiger partial charge on any atom is -0.457 e. The van der Waals surface area contributed by atoms with Crippen LogP contribution in [0.5, 0.6) is 11.5 Å². The zero-order valence-electron chi connectivity index (χ0n) is 12.5.